The normalized spacial score (nSPS) is 12.1. The maximum atomic E-state index is 11.9. The zero-order valence-electron chi connectivity index (χ0n) is 12.4. The number of hydrogen-bond donors (Lipinski definition) is 1. The Bertz CT molecular complexity index is 362. The molecular weight excluding hydrogens is 252 g/mol. The van der Waals surface area contributed by atoms with Gasteiger partial charge in [-0.05, 0) is 25.0 Å². The third kappa shape index (κ3) is 6.71. The molecular formula is C17H26O3. The smallest absolute Gasteiger partial charge is 0.338 e. The Hall–Kier alpha value is -1.35. The molecule has 112 valence electrons. The first-order chi connectivity index (χ1) is 9.77. The predicted octanol–water partition coefficient (Wildman–Crippen LogP) is 3.95. The van der Waals surface area contributed by atoms with Gasteiger partial charge in [0.15, 0.2) is 0 Å². The van der Waals surface area contributed by atoms with Crippen LogP contribution in [0.2, 0.25) is 0 Å². The predicted molar refractivity (Wildman–Crippen MR) is 80.7 cm³/mol. The number of benzene rings is 1. The van der Waals surface area contributed by atoms with Gasteiger partial charge in [0, 0.05) is 0 Å². The van der Waals surface area contributed by atoms with Gasteiger partial charge in [-0.25, -0.2) is 4.79 Å². The number of aliphatic hydroxyl groups excluding tert-OH is 1. The Balaban J connectivity index is 2.24. The van der Waals surface area contributed by atoms with E-state index in [1.54, 1.807) is 24.3 Å². The van der Waals surface area contributed by atoms with E-state index >= 15 is 0 Å². The molecule has 1 aromatic carbocycles. The van der Waals surface area contributed by atoms with E-state index in [2.05, 4.69) is 6.92 Å². The average molecular weight is 278 g/mol. The molecule has 1 atom stereocenters. The fourth-order valence-corrected chi connectivity index (χ4v) is 2.13. The van der Waals surface area contributed by atoms with Crippen molar-refractivity contribution in [2.45, 2.75) is 58.0 Å². The molecule has 3 heteroatoms. The van der Waals surface area contributed by atoms with Gasteiger partial charge in [-0.1, -0.05) is 57.2 Å². The third-order valence-electron chi connectivity index (χ3n) is 3.37. The molecule has 0 aliphatic rings. The second-order valence-corrected chi connectivity index (χ2v) is 5.13. The molecule has 0 spiro atoms. The molecule has 1 N–H and O–H groups in total. The number of carbonyl (C=O) groups is 1. The van der Waals surface area contributed by atoms with Crippen LogP contribution in [0, 0.1) is 0 Å². The molecule has 0 fully saturated rings. The number of carbonyl (C=O) groups excluding carboxylic acids is 1. The van der Waals surface area contributed by atoms with Gasteiger partial charge in [0.1, 0.15) is 6.10 Å². The van der Waals surface area contributed by atoms with Crippen LogP contribution in [0.5, 0.6) is 0 Å². The topological polar surface area (TPSA) is 46.5 Å². The molecule has 20 heavy (non-hydrogen) atoms. The second kappa shape index (κ2) is 10.4. The molecule has 0 radical (unpaired) electrons. The highest BCUT2D eigenvalue weighted by Gasteiger charge is 2.14. The summed E-state index contributed by atoms with van der Waals surface area (Å²) in [5.41, 5.74) is 0.536. The maximum absolute atomic E-state index is 11.9. The number of aliphatic hydroxyl groups is 1. The highest BCUT2D eigenvalue weighted by atomic mass is 16.6. The van der Waals surface area contributed by atoms with Crippen LogP contribution < -0.4 is 0 Å². The van der Waals surface area contributed by atoms with Crippen molar-refractivity contribution in [3.63, 3.8) is 0 Å². The van der Waals surface area contributed by atoms with E-state index in [4.69, 9.17) is 4.74 Å². The van der Waals surface area contributed by atoms with Gasteiger partial charge < -0.3 is 9.84 Å². The first kappa shape index (κ1) is 16.7. The number of ether oxygens (including phenoxy) is 1. The van der Waals surface area contributed by atoms with Crippen molar-refractivity contribution in [1.29, 1.82) is 0 Å². The lowest BCUT2D eigenvalue weighted by Crippen LogP contribution is -2.22. The number of rotatable bonds is 10. The molecule has 0 saturated heterocycles. The Labute approximate surface area is 122 Å². The zero-order valence-corrected chi connectivity index (χ0v) is 12.4. The van der Waals surface area contributed by atoms with Crippen molar-refractivity contribution < 1.29 is 14.6 Å². The van der Waals surface area contributed by atoms with Crippen LogP contribution in [0.15, 0.2) is 30.3 Å². The van der Waals surface area contributed by atoms with E-state index in [1.807, 2.05) is 6.07 Å². The minimum atomic E-state index is -0.381. The minimum absolute atomic E-state index is 0.104. The summed E-state index contributed by atoms with van der Waals surface area (Å²) in [4.78, 5) is 11.9. The van der Waals surface area contributed by atoms with Gasteiger partial charge >= 0.3 is 5.97 Å². The lowest BCUT2D eigenvalue weighted by atomic mass is 10.1. The van der Waals surface area contributed by atoms with Crippen LogP contribution in [-0.2, 0) is 4.74 Å². The first-order valence-corrected chi connectivity index (χ1v) is 7.64. The Morgan fingerprint density at radius 3 is 2.40 bits per heavy atom. The molecule has 0 saturated carbocycles. The summed E-state index contributed by atoms with van der Waals surface area (Å²) >= 11 is 0. The highest BCUT2D eigenvalue weighted by molar-refractivity contribution is 5.89. The Morgan fingerprint density at radius 1 is 1.10 bits per heavy atom. The summed E-state index contributed by atoms with van der Waals surface area (Å²) in [6, 6.07) is 8.91. The van der Waals surface area contributed by atoms with Crippen molar-refractivity contribution in [3.05, 3.63) is 35.9 Å². The number of esters is 1. The first-order valence-electron chi connectivity index (χ1n) is 7.64. The summed E-state index contributed by atoms with van der Waals surface area (Å²) < 4.78 is 5.32. The molecule has 0 bridgehead atoms. The SMILES string of the molecule is CCCCCCCCC(CO)OC(=O)c1ccccc1. The van der Waals surface area contributed by atoms with E-state index in [0.29, 0.717) is 5.56 Å². The van der Waals surface area contributed by atoms with Crippen LogP contribution in [0.3, 0.4) is 0 Å². The summed E-state index contributed by atoms with van der Waals surface area (Å²) in [6.07, 6.45) is 7.51. The van der Waals surface area contributed by atoms with Gasteiger partial charge in [-0.2, -0.15) is 0 Å². The molecule has 1 unspecified atom stereocenters. The van der Waals surface area contributed by atoms with Crippen LogP contribution in [0.25, 0.3) is 0 Å². The van der Waals surface area contributed by atoms with Crippen molar-refractivity contribution in [2.24, 2.45) is 0 Å². The third-order valence-corrected chi connectivity index (χ3v) is 3.37. The molecule has 1 aromatic rings. The van der Waals surface area contributed by atoms with Gasteiger partial charge in [0.05, 0.1) is 12.2 Å². The second-order valence-electron chi connectivity index (χ2n) is 5.13. The van der Waals surface area contributed by atoms with Crippen molar-refractivity contribution in [1.82, 2.24) is 0 Å². The summed E-state index contributed by atoms with van der Waals surface area (Å²) in [6.45, 7) is 2.10. The Kier molecular flexibility index (Phi) is 8.72. The fourth-order valence-electron chi connectivity index (χ4n) is 2.13. The van der Waals surface area contributed by atoms with Gasteiger partial charge in [-0.15, -0.1) is 0 Å². The van der Waals surface area contributed by atoms with Gasteiger partial charge in [0.25, 0.3) is 0 Å². The lowest BCUT2D eigenvalue weighted by Gasteiger charge is -2.15. The standard InChI is InChI=1S/C17H26O3/c1-2-3-4-5-6-10-13-16(14-18)20-17(19)15-11-8-7-9-12-15/h7-9,11-12,16,18H,2-6,10,13-14H2,1H3. The zero-order chi connectivity index (χ0) is 14.6. The average Bonchev–Trinajstić information content (AvgIpc) is 2.50. The number of unbranched alkanes of at least 4 members (excludes halogenated alkanes) is 5. The van der Waals surface area contributed by atoms with Crippen LogP contribution in [0.4, 0.5) is 0 Å². The molecule has 0 heterocycles. The molecule has 1 rings (SSSR count). The molecule has 0 aromatic heterocycles. The van der Waals surface area contributed by atoms with Crippen molar-refractivity contribution >= 4 is 5.97 Å². The lowest BCUT2D eigenvalue weighted by molar-refractivity contribution is 0.0107. The monoisotopic (exact) mass is 278 g/mol. The summed E-state index contributed by atoms with van der Waals surface area (Å²) in [5, 5.41) is 9.29. The molecule has 0 amide bonds. The van der Waals surface area contributed by atoms with Crippen LogP contribution in [0.1, 0.15) is 62.2 Å². The van der Waals surface area contributed by atoms with E-state index in [0.717, 1.165) is 19.3 Å². The quantitative estimate of drug-likeness (QED) is 0.520. The fraction of sp³-hybridized carbons (Fsp3) is 0.588. The van der Waals surface area contributed by atoms with E-state index in [1.165, 1.54) is 25.7 Å². The highest BCUT2D eigenvalue weighted by Crippen LogP contribution is 2.12. The largest absolute Gasteiger partial charge is 0.456 e. The maximum Gasteiger partial charge on any atom is 0.338 e. The van der Waals surface area contributed by atoms with Gasteiger partial charge in [0.2, 0.25) is 0 Å². The number of hydrogen-bond acceptors (Lipinski definition) is 3. The van der Waals surface area contributed by atoms with E-state index in [9.17, 15) is 9.90 Å². The minimum Gasteiger partial charge on any atom is -0.456 e. The van der Waals surface area contributed by atoms with Crippen molar-refractivity contribution in [3.8, 4) is 0 Å². The van der Waals surface area contributed by atoms with Gasteiger partial charge in [-0.3, -0.25) is 0 Å². The van der Waals surface area contributed by atoms with Crippen LogP contribution >= 0.6 is 0 Å². The van der Waals surface area contributed by atoms with Crippen molar-refractivity contribution in [2.75, 3.05) is 6.61 Å². The summed E-state index contributed by atoms with van der Waals surface area (Å²) in [5.74, 6) is -0.351. The molecule has 0 aliphatic heterocycles. The van der Waals surface area contributed by atoms with Crippen LogP contribution in [-0.4, -0.2) is 23.8 Å². The molecule has 0 aliphatic carbocycles. The molecule has 3 nitrogen and oxygen atoms in total. The van der Waals surface area contributed by atoms with E-state index in [-0.39, 0.29) is 18.7 Å². The van der Waals surface area contributed by atoms with E-state index < -0.39 is 0 Å². The summed E-state index contributed by atoms with van der Waals surface area (Å²) in [7, 11) is 0. The Morgan fingerprint density at radius 2 is 1.75 bits per heavy atom.